The number of phenolic OH excluding ortho intramolecular Hbond substituents is 1. The number of aryl methyl sites for hydroxylation is 1. The number of rotatable bonds is 3. The summed E-state index contributed by atoms with van der Waals surface area (Å²) >= 11 is 0. The van der Waals surface area contributed by atoms with E-state index in [1.165, 1.54) is 18.2 Å². The molecule has 80 valence electrons. The lowest BCUT2D eigenvalue weighted by atomic mass is 10.0. The van der Waals surface area contributed by atoms with Crippen LogP contribution < -0.4 is 5.73 Å². The van der Waals surface area contributed by atoms with Crippen LogP contribution in [0.5, 0.6) is 5.75 Å². The van der Waals surface area contributed by atoms with E-state index in [9.17, 15) is 15.2 Å². The fourth-order valence-electron chi connectivity index (χ4n) is 1.31. The Hall–Kier alpha value is -1.88. The normalized spacial score (nSPS) is 12.1. The molecule has 1 aromatic rings. The van der Waals surface area contributed by atoms with Gasteiger partial charge in [-0.3, -0.25) is 10.1 Å². The summed E-state index contributed by atoms with van der Waals surface area (Å²) in [6.07, 6.45) is 1.35. The predicted molar refractivity (Wildman–Crippen MR) is 56.6 cm³/mol. The van der Waals surface area contributed by atoms with E-state index in [1.807, 2.05) is 0 Å². The van der Waals surface area contributed by atoms with Crippen molar-refractivity contribution in [3.05, 3.63) is 46.0 Å². The van der Waals surface area contributed by atoms with E-state index < -0.39 is 11.0 Å². The van der Waals surface area contributed by atoms with Crippen LogP contribution in [0.3, 0.4) is 0 Å². The monoisotopic (exact) mass is 208 g/mol. The highest BCUT2D eigenvalue weighted by atomic mass is 16.6. The summed E-state index contributed by atoms with van der Waals surface area (Å²) in [5, 5.41) is 20.4. The molecule has 0 aliphatic heterocycles. The number of nitrogens with zero attached hydrogens (tertiary/aromatic N) is 1. The third kappa shape index (κ3) is 1.97. The van der Waals surface area contributed by atoms with Crippen molar-refractivity contribution in [1.29, 1.82) is 0 Å². The largest absolute Gasteiger partial charge is 0.507 e. The van der Waals surface area contributed by atoms with Crippen molar-refractivity contribution >= 4 is 5.69 Å². The highest BCUT2D eigenvalue weighted by molar-refractivity contribution is 5.55. The van der Waals surface area contributed by atoms with E-state index >= 15 is 0 Å². The molecule has 0 fully saturated rings. The van der Waals surface area contributed by atoms with Gasteiger partial charge in [-0.1, -0.05) is 6.08 Å². The van der Waals surface area contributed by atoms with Gasteiger partial charge in [-0.05, 0) is 18.6 Å². The zero-order valence-electron chi connectivity index (χ0n) is 8.30. The maximum Gasteiger partial charge on any atom is 0.278 e. The zero-order chi connectivity index (χ0) is 11.6. The molecule has 0 heterocycles. The summed E-state index contributed by atoms with van der Waals surface area (Å²) in [5.41, 5.74) is 6.09. The Morgan fingerprint density at radius 1 is 1.67 bits per heavy atom. The first-order valence-corrected chi connectivity index (χ1v) is 4.34. The molecule has 0 spiro atoms. The molecule has 1 rings (SSSR count). The summed E-state index contributed by atoms with van der Waals surface area (Å²) in [6.45, 7) is 5.10. The Morgan fingerprint density at radius 3 is 2.73 bits per heavy atom. The molecule has 0 amide bonds. The van der Waals surface area contributed by atoms with Gasteiger partial charge in [0, 0.05) is 6.07 Å². The standard InChI is InChI=1S/C10H12N2O3/c1-3-7(11)9-8(12(14)15)5-4-6(2)10(9)13/h3-5,7,13H,1,11H2,2H3/t7-/m0/s1. The van der Waals surface area contributed by atoms with E-state index in [0.29, 0.717) is 5.56 Å². The van der Waals surface area contributed by atoms with Crippen LogP contribution in [0.4, 0.5) is 5.69 Å². The van der Waals surface area contributed by atoms with Gasteiger partial charge in [0.1, 0.15) is 5.75 Å². The van der Waals surface area contributed by atoms with Crippen LogP contribution >= 0.6 is 0 Å². The molecule has 0 aliphatic carbocycles. The molecule has 0 saturated carbocycles. The van der Waals surface area contributed by atoms with Gasteiger partial charge in [-0.25, -0.2) is 0 Å². The fraction of sp³-hybridized carbons (Fsp3) is 0.200. The predicted octanol–water partition coefficient (Wildman–Crippen LogP) is 1.79. The molecule has 0 radical (unpaired) electrons. The Bertz CT molecular complexity index is 415. The molecule has 0 aromatic heterocycles. The molecule has 5 heteroatoms. The minimum atomic E-state index is -0.745. The van der Waals surface area contributed by atoms with Crippen LogP contribution in [0.2, 0.25) is 0 Å². The second-order valence-corrected chi connectivity index (χ2v) is 3.18. The van der Waals surface area contributed by atoms with Gasteiger partial charge < -0.3 is 10.8 Å². The Labute approximate surface area is 87.0 Å². The Morgan fingerprint density at radius 2 is 2.27 bits per heavy atom. The van der Waals surface area contributed by atoms with Crippen LogP contribution in [0.25, 0.3) is 0 Å². The first kappa shape index (κ1) is 11.2. The topological polar surface area (TPSA) is 89.4 Å². The first-order chi connectivity index (χ1) is 6.99. The quantitative estimate of drug-likeness (QED) is 0.450. The molecular weight excluding hydrogens is 196 g/mol. The Balaban J connectivity index is 3.48. The van der Waals surface area contributed by atoms with Crippen molar-refractivity contribution in [2.24, 2.45) is 5.73 Å². The fourth-order valence-corrected chi connectivity index (χ4v) is 1.31. The average Bonchev–Trinajstić information content (AvgIpc) is 2.20. The van der Waals surface area contributed by atoms with E-state index in [0.717, 1.165) is 0 Å². The SMILES string of the molecule is C=C[C@H](N)c1c([N+](=O)[O-])ccc(C)c1O. The van der Waals surface area contributed by atoms with Gasteiger partial charge >= 0.3 is 0 Å². The summed E-state index contributed by atoms with van der Waals surface area (Å²) in [7, 11) is 0. The third-order valence-corrected chi connectivity index (χ3v) is 2.18. The van der Waals surface area contributed by atoms with Crippen LogP contribution in [0.1, 0.15) is 17.2 Å². The van der Waals surface area contributed by atoms with Crippen molar-refractivity contribution in [1.82, 2.24) is 0 Å². The van der Waals surface area contributed by atoms with Gasteiger partial charge in [0.25, 0.3) is 5.69 Å². The van der Waals surface area contributed by atoms with Crippen LogP contribution in [0, 0.1) is 17.0 Å². The molecular formula is C10H12N2O3. The number of benzene rings is 1. The number of aromatic hydroxyl groups is 1. The molecule has 0 aliphatic rings. The highest BCUT2D eigenvalue weighted by Crippen LogP contribution is 2.34. The number of hydrogen-bond acceptors (Lipinski definition) is 4. The highest BCUT2D eigenvalue weighted by Gasteiger charge is 2.22. The smallest absolute Gasteiger partial charge is 0.278 e. The minimum absolute atomic E-state index is 0.106. The third-order valence-electron chi connectivity index (χ3n) is 2.18. The first-order valence-electron chi connectivity index (χ1n) is 4.34. The number of phenols is 1. The molecule has 0 saturated heterocycles. The maximum atomic E-state index is 10.7. The van der Waals surface area contributed by atoms with Crippen molar-refractivity contribution in [3.8, 4) is 5.75 Å². The molecule has 1 aromatic carbocycles. The van der Waals surface area contributed by atoms with Gasteiger partial charge in [0.2, 0.25) is 0 Å². The van der Waals surface area contributed by atoms with E-state index in [1.54, 1.807) is 6.92 Å². The van der Waals surface area contributed by atoms with E-state index in [2.05, 4.69) is 6.58 Å². The van der Waals surface area contributed by atoms with E-state index in [4.69, 9.17) is 5.73 Å². The summed E-state index contributed by atoms with van der Waals surface area (Å²) in [4.78, 5) is 10.1. The lowest BCUT2D eigenvalue weighted by Gasteiger charge is -2.11. The van der Waals surface area contributed by atoms with Crippen molar-refractivity contribution in [3.63, 3.8) is 0 Å². The van der Waals surface area contributed by atoms with Crippen molar-refractivity contribution in [2.45, 2.75) is 13.0 Å². The van der Waals surface area contributed by atoms with Gasteiger partial charge in [-0.15, -0.1) is 6.58 Å². The average molecular weight is 208 g/mol. The van der Waals surface area contributed by atoms with Gasteiger partial charge in [-0.2, -0.15) is 0 Å². The van der Waals surface area contributed by atoms with Crippen molar-refractivity contribution in [2.75, 3.05) is 0 Å². The summed E-state index contributed by atoms with van der Waals surface area (Å²) in [5.74, 6) is -0.142. The lowest BCUT2D eigenvalue weighted by Crippen LogP contribution is -2.10. The molecule has 1 atom stereocenters. The molecule has 3 N–H and O–H groups in total. The van der Waals surface area contributed by atoms with E-state index in [-0.39, 0.29) is 17.0 Å². The van der Waals surface area contributed by atoms with Crippen LogP contribution in [-0.4, -0.2) is 10.0 Å². The second-order valence-electron chi connectivity index (χ2n) is 3.18. The number of hydrogen-bond donors (Lipinski definition) is 2. The zero-order valence-corrected chi connectivity index (χ0v) is 8.30. The van der Waals surface area contributed by atoms with Crippen molar-refractivity contribution < 1.29 is 10.0 Å². The van der Waals surface area contributed by atoms with Crippen LogP contribution in [-0.2, 0) is 0 Å². The number of nitrogens with two attached hydrogens (primary N) is 1. The molecule has 0 bridgehead atoms. The maximum absolute atomic E-state index is 10.7. The minimum Gasteiger partial charge on any atom is -0.507 e. The number of nitro groups is 1. The molecule has 0 unspecified atom stereocenters. The summed E-state index contributed by atoms with van der Waals surface area (Å²) < 4.78 is 0. The van der Waals surface area contributed by atoms with Gasteiger partial charge in [0.05, 0.1) is 16.5 Å². The summed E-state index contributed by atoms with van der Waals surface area (Å²) in [6, 6.07) is 2.06. The molecule has 5 nitrogen and oxygen atoms in total. The lowest BCUT2D eigenvalue weighted by molar-refractivity contribution is -0.385. The molecule has 15 heavy (non-hydrogen) atoms. The Kier molecular flexibility index (Phi) is 3.06. The van der Waals surface area contributed by atoms with Gasteiger partial charge in [0.15, 0.2) is 0 Å². The number of nitro benzene ring substituents is 1. The second kappa shape index (κ2) is 4.10. The van der Waals surface area contributed by atoms with Crippen LogP contribution in [0.15, 0.2) is 24.8 Å².